The number of carbonyl (C=O) groups is 2. The number of hydrogen-bond donors (Lipinski definition) is 3. The highest BCUT2D eigenvalue weighted by Crippen LogP contribution is 2.32. The van der Waals surface area contributed by atoms with E-state index in [0.717, 1.165) is 25.7 Å². The monoisotopic (exact) mass is 300 g/mol. The molecule has 0 aromatic carbocycles. The summed E-state index contributed by atoms with van der Waals surface area (Å²) >= 11 is 0. The highest BCUT2D eigenvalue weighted by atomic mass is 16.4. The Kier molecular flexibility index (Phi) is 9.84. The zero-order valence-electron chi connectivity index (χ0n) is 14.0. The molecule has 0 spiro atoms. The Labute approximate surface area is 128 Å². The number of aliphatic carboxylic acids is 1. The number of nitrogens with one attached hydrogen (secondary N) is 2. The van der Waals surface area contributed by atoms with Gasteiger partial charge in [-0.15, -0.1) is 0 Å². The van der Waals surface area contributed by atoms with Crippen molar-refractivity contribution in [2.24, 2.45) is 11.3 Å². The molecule has 5 nitrogen and oxygen atoms in total. The van der Waals surface area contributed by atoms with E-state index >= 15 is 0 Å². The number of hydrogen-bond acceptors (Lipinski definition) is 2. The maximum atomic E-state index is 11.6. The molecule has 2 amide bonds. The Hall–Kier alpha value is -1.26. The first kappa shape index (κ1) is 19.7. The Morgan fingerprint density at radius 2 is 1.67 bits per heavy atom. The van der Waals surface area contributed by atoms with Crippen LogP contribution in [0.25, 0.3) is 0 Å². The quantitative estimate of drug-likeness (QED) is 0.541. The number of carbonyl (C=O) groups excluding carboxylic acids is 1. The van der Waals surface area contributed by atoms with Gasteiger partial charge in [-0.25, -0.2) is 4.79 Å². The van der Waals surface area contributed by atoms with Crippen molar-refractivity contribution in [1.29, 1.82) is 0 Å². The standard InChI is InChI=1S/C16H32N2O3/c1-5-6-7-11-17-15(21)18-12-10-13(16(2,3)4)8-9-14(19)20/h13H,5-12H2,1-4H3,(H,19,20)(H2,17,18,21). The molecular weight excluding hydrogens is 268 g/mol. The second-order valence-electron chi connectivity index (χ2n) is 6.67. The minimum atomic E-state index is -0.758. The first-order valence-electron chi connectivity index (χ1n) is 8.00. The average molecular weight is 300 g/mol. The van der Waals surface area contributed by atoms with Gasteiger partial charge in [0.25, 0.3) is 0 Å². The summed E-state index contributed by atoms with van der Waals surface area (Å²) in [5.74, 6) is -0.472. The fourth-order valence-electron chi connectivity index (χ4n) is 2.31. The van der Waals surface area contributed by atoms with Crippen molar-refractivity contribution in [2.45, 2.75) is 66.2 Å². The molecule has 0 bridgehead atoms. The number of rotatable bonds is 10. The van der Waals surface area contributed by atoms with Crippen LogP contribution < -0.4 is 10.6 Å². The Balaban J connectivity index is 3.96. The van der Waals surface area contributed by atoms with E-state index in [1.807, 2.05) is 0 Å². The van der Waals surface area contributed by atoms with E-state index in [-0.39, 0.29) is 23.8 Å². The van der Waals surface area contributed by atoms with Gasteiger partial charge in [-0.2, -0.15) is 0 Å². The lowest BCUT2D eigenvalue weighted by Gasteiger charge is -2.30. The fourth-order valence-corrected chi connectivity index (χ4v) is 2.31. The third kappa shape index (κ3) is 11.1. The second kappa shape index (κ2) is 10.5. The van der Waals surface area contributed by atoms with E-state index < -0.39 is 5.97 Å². The number of carboxylic acid groups (broad SMARTS) is 1. The highest BCUT2D eigenvalue weighted by Gasteiger charge is 2.24. The van der Waals surface area contributed by atoms with Gasteiger partial charge in [-0.1, -0.05) is 40.5 Å². The normalized spacial score (nSPS) is 12.8. The summed E-state index contributed by atoms with van der Waals surface area (Å²) in [6, 6.07) is -0.128. The van der Waals surface area contributed by atoms with Gasteiger partial charge in [-0.3, -0.25) is 4.79 Å². The molecule has 0 rings (SSSR count). The van der Waals surface area contributed by atoms with Crippen molar-refractivity contribution in [1.82, 2.24) is 10.6 Å². The SMILES string of the molecule is CCCCCNC(=O)NCCC(CCC(=O)O)C(C)(C)C. The predicted molar refractivity (Wildman–Crippen MR) is 85.4 cm³/mol. The minimum Gasteiger partial charge on any atom is -0.481 e. The summed E-state index contributed by atoms with van der Waals surface area (Å²) in [4.78, 5) is 22.3. The Morgan fingerprint density at radius 3 is 2.19 bits per heavy atom. The summed E-state index contributed by atoms with van der Waals surface area (Å²) < 4.78 is 0. The van der Waals surface area contributed by atoms with Crippen LogP contribution in [-0.2, 0) is 4.79 Å². The van der Waals surface area contributed by atoms with Gasteiger partial charge in [0.15, 0.2) is 0 Å². The van der Waals surface area contributed by atoms with Crippen molar-refractivity contribution in [2.75, 3.05) is 13.1 Å². The molecule has 124 valence electrons. The number of urea groups is 1. The lowest BCUT2D eigenvalue weighted by atomic mass is 9.76. The zero-order valence-corrected chi connectivity index (χ0v) is 14.0. The van der Waals surface area contributed by atoms with Crippen molar-refractivity contribution in [3.05, 3.63) is 0 Å². The number of unbranched alkanes of at least 4 members (excludes halogenated alkanes) is 2. The summed E-state index contributed by atoms with van der Waals surface area (Å²) in [6.45, 7) is 9.77. The molecule has 0 aliphatic carbocycles. The largest absolute Gasteiger partial charge is 0.481 e. The minimum absolute atomic E-state index is 0.0503. The van der Waals surface area contributed by atoms with Crippen LogP contribution in [0.3, 0.4) is 0 Å². The van der Waals surface area contributed by atoms with Crippen LogP contribution in [0, 0.1) is 11.3 Å². The molecule has 0 saturated heterocycles. The van der Waals surface area contributed by atoms with Gasteiger partial charge in [0.2, 0.25) is 0 Å². The summed E-state index contributed by atoms with van der Waals surface area (Å²) in [5, 5.41) is 14.5. The molecule has 0 radical (unpaired) electrons. The van der Waals surface area contributed by atoms with Gasteiger partial charge in [0.1, 0.15) is 0 Å². The van der Waals surface area contributed by atoms with Gasteiger partial charge in [-0.05, 0) is 30.6 Å². The maximum Gasteiger partial charge on any atom is 0.314 e. The topological polar surface area (TPSA) is 78.4 Å². The van der Waals surface area contributed by atoms with Crippen LogP contribution in [0.4, 0.5) is 4.79 Å². The molecule has 0 aliphatic heterocycles. The zero-order chi connectivity index (χ0) is 16.3. The van der Waals surface area contributed by atoms with E-state index in [1.165, 1.54) is 0 Å². The van der Waals surface area contributed by atoms with Crippen molar-refractivity contribution in [3.8, 4) is 0 Å². The molecule has 5 heteroatoms. The average Bonchev–Trinajstić information content (AvgIpc) is 2.37. The number of amides is 2. The van der Waals surface area contributed by atoms with E-state index in [4.69, 9.17) is 5.11 Å². The van der Waals surface area contributed by atoms with Crippen LogP contribution in [0.5, 0.6) is 0 Å². The molecule has 0 aromatic rings. The van der Waals surface area contributed by atoms with Gasteiger partial charge < -0.3 is 15.7 Å². The van der Waals surface area contributed by atoms with Crippen molar-refractivity contribution < 1.29 is 14.7 Å². The maximum absolute atomic E-state index is 11.6. The second-order valence-corrected chi connectivity index (χ2v) is 6.67. The van der Waals surface area contributed by atoms with E-state index in [1.54, 1.807) is 0 Å². The number of carboxylic acids is 1. The Morgan fingerprint density at radius 1 is 1.05 bits per heavy atom. The molecule has 0 aliphatic rings. The van der Waals surface area contributed by atoms with Crippen molar-refractivity contribution >= 4 is 12.0 Å². The van der Waals surface area contributed by atoms with E-state index in [9.17, 15) is 9.59 Å². The molecule has 1 unspecified atom stereocenters. The molecule has 3 N–H and O–H groups in total. The molecule has 0 heterocycles. The summed E-state index contributed by atoms with van der Waals surface area (Å²) in [5.41, 5.74) is 0.0503. The first-order chi connectivity index (χ1) is 9.77. The molecule has 21 heavy (non-hydrogen) atoms. The van der Waals surface area contributed by atoms with E-state index in [0.29, 0.717) is 19.5 Å². The third-order valence-electron chi connectivity index (χ3n) is 3.78. The van der Waals surface area contributed by atoms with Gasteiger partial charge in [0.05, 0.1) is 0 Å². The fraction of sp³-hybridized carbons (Fsp3) is 0.875. The van der Waals surface area contributed by atoms with Crippen LogP contribution in [0.15, 0.2) is 0 Å². The summed E-state index contributed by atoms with van der Waals surface area (Å²) in [6.07, 6.45) is 4.91. The molecule has 0 saturated carbocycles. The van der Waals surface area contributed by atoms with Gasteiger partial charge in [0, 0.05) is 19.5 Å². The van der Waals surface area contributed by atoms with E-state index in [2.05, 4.69) is 38.3 Å². The lowest BCUT2D eigenvalue weighted by Crippen LogP contribution is -2.38. The highest BCUT2D eigenvalue weighted by molar-refractivity contribution is 5.73. The van der Waals surface area contributed by atoms with Crippen LogP contribution in [0.1, 0.15) is 66.2 Å². The predicted octanol–water partition coefficient (Wildman–Crippen LogP) is 3.39. The van der Waals surface area contributed by atoms with Gasteiger partial charge >= 0.3 is 12.0 Å². The molecule has 1 atom stereocenters. The molecule has 0 aromatic heterocycles. The molecule has 0 fully saturated rings. The van der Waals surface area contributed by atoms with Crippen molar-refractivity contribution in [3.63, 3.8) is 0 Å². The van der Waals surface area contributed by atoms with Crippen LogP contribution in [0.2, 0.25) is 0 Å². The summed E-state index contributed by atoms with van der Waals surface area (Å²) in [7, 11) is 0. The lowest BCUT2D eigenvalue weighted by molar-refractivity contribution is -0.137. The van der Waals surface area contributed by atoms with Crippen LogP contribution in [-0.4, -0.2) is 30.2 Å². The smallest absolute Gasteiger partial charge is 0.314 e. The third-order valence-corrected chi connectivity index (χ3v) is 3.78. The Bertz CT molecular complexity index is 311. The first-order valence-corrected chi connectivity index (χ1v) is 8.00. The van der Waals surface area contributed by atoms with Crippen LogP contribution >= 0.6 is 0 Å². The molecular formula is C16H32N2O3.